The zero-order valence-electron chi connectivity index (χ0n) is 15.2. The first kappa shape index (κ1) is 16.9. The number of carboxylic acid groups (broad SMARTS) is 1. The normalized spacial score (nSPS) is 11.2. The molecule has 29 heavy (non-hydrogen) atoms. The van der Waals surface area contributed by atoms with Gasteiger partial charge in [-0.2, -0.15) is 0 Å². The van der Waals surface area contributed by atoms with Crippen molar-refractivity contribution < 1.29 is 18.8 Å². The molecule has 5 aromatic rings. The molecule has 3 aromatic heterocycles. The number of aromatic nitrogens is 4. The molecule has 3 heterocycles. The molecule has 142 valence electrons. The van der Waals surface area contributed by atoms with Crippen LogP contribution in [0.3, 0.4) is 0 Å². The largest absolute Gasteiger partial charge is 0.476 e. The zero-order valence-corrected chi connectivity index (χ0v) is 15.2. The van der Waals surface area contributed by atoms with Crippen LogP contribution in [0.4, 0.5) is 0 Å². The summed E-state index contributed by atoms with van der Waals surface area (Å²) in [4.78, 5) is 11.7. The first-order valence-electron chi connectivity index (χ1n) is 8.82. The Labute approximate surface area is 164 Å². The zero-order chi connectivity index (χ0) is 20.0. The summed E-state index contributed by atoms with van der Waals surface area (Å²) >= 11 is 0. The molecule has 5 rings (SSSR count). The van der Waals surface area contributed by atoms with Gasteiger partial charge in [0.2, 0.25) is 5.69 Å². The highest BCUT2D eigenvalue weighted by Crippen LogP contribution is 2.33. The number of aromatic carboxylic acids is 1. The summed E-state index contributed by atoms with van der Waals surface area (Å²) < 4.78 is 12.5. The van der Waals surface area contributed by atoms with Crippen molar-refractivity contribution in [2.24, 2.45) is 0 Å². The number of furan rings is 1. The van der Waals surface area contributed by atoms with Crippen LogP contribution in [0, 0.1) is 6.92 Å². The van der Waals surface area contributed by atoms with E-state index in [1.165, 1.54) is 10.9 Å². The van der Waals surface area contributed by atoms with Gasteiger partial charge in [-0.25, -0.2) is 9.48 Å². The summed E-state index contributed by atoms with van der Waals surface area (Å²) in [7, 11) is 0. The van der Waals surface area contributed by atoms with E-state index in [9.17, 15) is 9.90 Å². The second kappa shape index (κ2) is 6.45. The highest BCUT2D eigenvalue weighted by molar-refractivity contribution is 5.95. The summed E-state index contributed by atoms with van der Waals surface area (Å²) in [6, 6.07) is 16.7. The lowest BCUT2D eigenvalue weighted by molar-refractivity contribution is 0.0691. The Hall–Kier alpha value is -4.20. The second-order valence-corrected chi connectivity index (χ2v) is 6.51. The van der Waals surface area contributed by atoms with E-state index in [1.807, 2.05) is 49.4 Å². The van der Waals surface area contributed by atoms with Gasteiger partial charge in [-0.05, 0) is 36.8 Å². The summed E-state index contributed by atoms with van der Waals surface area (Å²) in [5.74, 6) is -0.197. The molecule has 0 fully saturated rings. The predicted octanol–water partition coefficient (Wildman–Crippen LogP) is 4.34. The SMILES string of the molecule is Cc1cc2noc(-c3ccccc3)c2cc1-n1nnc(C(=O)O)c1-c1ccco1. The third kappa shape index (κ3) is 2.69. The number of hydrogen-bond acceptors (Lipinski definition) is 6. The molecule has 0 aliphatic heterocycles. The molecule has 0 spiro atoms. The fourth-order valence-corrected chi connectivity index (χ4v) is 3.34. The molecule has 0 aliphatic carbocycles. The quantitative estimate of drug-likeness (QED) is 0.489. The van der Waals surface area contributed by atoms with Gasteiger partial charge in [-0.15, -0.1) is 5.10 Å². The Morgan fingerprint density at radius 1 is 1.10 bits per heavy atom. The van der Waals surface area contributed by atoms with E-state index in [4.69, 9.17) is 8.94 Å². The molecular formula is C21H14N4O4. The molecule has 8 nitrogen and oxygen atoms in total. The van der Waals surface area contributed by atoms with Crippen LogP contribution in [0.2, 0.25) is 0 Å². The average molecular weight is 386 g/mol. The van der Waals surface area contributed by atoms with Crippen LogP contribution in [0.1, 0.15) is 16.1 Å². The smallest absolute Gasteiger partial charge is 0.358 e. The maximum Gasteiger partial charge on any atom is 0.358 e. The Balaban J connectivity index is 1.76. The molecule has 0 amide bonds. The molecule has 0 saturated heterocycles. The molecule has 0 radical (unpaired) electrons. The monoisotopic (exact) mass is 386 g/mol. The lowest BCUT2D eigenvalue weighted by Gasteiger charge is -2.09. The molecule has 1 N–H and O–H groups in total. The number of nitrogens with zero attached hydrogens (tertiary/aromatic N) is 4. The molecular weight excluding hydrogens is 372 g/mol. The molecule has 2 aromatic carbocycles. The summed E-state index contributed by atoms with van der Waals surface area (Å²) in [5.41, 5.74) is 3.16. The van der Waals surface area contributed by atoms with Gasteiger partial charge in [-0.3, -0.25) is 0 Å². The van der Waals surface area contributed by atoms with Crippen molar-refractivity contribution in [1.29, 1.82) is 0 Å². The summed E-state index contributed by atoms with van der Waals surface area (Å²) in [6.07, 6.45) is 1.47. The highest BCUT2D eigenvalue weighted by atomic mass is 16.5. The lowest BCUT2D eigenvalue weighted by atomic mass is 10.1. The van der Waals surface area contributed by atoms with Crippen molar-refractivity contribution >= 4 is 16.9 Å². The highest BCUT2D eigenvalue weighted by Gasteiger charge is 2.25. The van der Waals surface area contributed by atoms with Crippen molar-refractivity contribution in [3.63, 3.8) is 0 Å². The number of benzene rings is 2. The maximum absolute atomic E-state index is 11.7. The van der Waals surface area contributed by atoms with E-state index >= 15 is 0 Å². The fourth-order valence-electron chi connectivity index (χ4n) is 3.34. The molecule has 0 saturated carbocycles. The topological polar surface area (TPSA) is 107 Å². The third-order valence-corrected chi connectivity index (χ3v) is 4.69. The number of carbonyl (C=O) groups is 1. The van der Waals surface area contributed by atoms with Crippen LogP contribution in [-0.2, 0) is 0 Å². The van der Waals surface area contributed by atoms with Gasteiger partial charge < -0.3 is 14.0 Å². The fraction of sp³-hybridized carbons (Fsp3) is 0.0476. The molecule has 0 aliphatic rings. The van der Waals surface area contributed by atoms with Crippen molar-refractivity contribution in [1.82, 2.24) is 20.2 Å². The molecule has 0 atom stereocenters. The van der Waals surface area contributed by atoms with E-state index in [2.05, 4.69) is 15.5 Å². The van der Waals surface area contributed by atoms with E-state index in [-0.39, 0.29) is 11.4 Å². The van der Waals surface area contributed by atoms with Crippen LogP contribution in [0.15, 0.2) is 69.8 Å². The standard InChI is InChI=1S/C21H14N4O4/c1-12-10-15-14(20(29-23-15)13-6-3-2-4-7-13)11-16(12)25-19(17-8-5-9-28-17)18(21(26)27)22-24-25/h2-11H,1H3,(H,26,27). The Morgan fingerprint density at radius 2 is 1.93 bits per heavy atom. The second-order valence-electron chi connectivity index (χ2n) is 6.51. The third-order valence-electron chi connectivity index (χ3n) is 4.69. The summed E-state index contributed by atoms with van der Waals surface area (Å²) in [6.45, 7) is 1.89. The summed E-state index contributed by atoms with van der Waals surface area (Å²) in [5, 5.41) is 22.4. The Kier molecular flexibility index (Phi) is 3.77. The number of hydrogen-bond donors (Lipinski definition) is 1. The maximum atomic E-state index is 11.7. The lowest BCUT2D eigenvalue weighted by Crippen LogP contribution is -2.04. The van der Waals surface area contributed by atoms with E-state index in [0.29, 0.717) is 22.7 Å². The van der Waals surface area contributed by atoms with Gasteiger partial charge in [0.05, 0.1) is 17.3 Å². The van der Waals surface area contributed by atoms with Gasteiger partial charge in [-0.1, -0.05) is 40.7 Å². The first-order valence-corrected chi connectivity index (χ1v) is 8.82. The van der Waals surface area contributed by atoms with E-state index in [1.54, 1.807) is 12.1 Å². The first-order chi connectivity index (χ1) is 14.1. The number of rotatable bonds is 4. The Bertz CT molecular complexity index is 1330. The van der Waals surface area contributed by atoms with Crippen LogP contribution in [0.25, 0.3) is 39.4 Å². The number of aryl methyl sites for hydroxylation is 1. The predicted molar refractivity (Wildman–Crippen MR) is 104 cm³/mol. The van der Waals surface area contributed by atoms with Crippen LogP contribution in [-0.4, -0.2) is 31.2 Å². The molecule has 0 bridgehead atoms. The minimum absolute atomic E-state index is 0.187. The van der Waals surface area contributed by atoms with Crippen molar-refractivity contribution in [2.75, 3.05) is 0 Å². The number of fused-ring (bicyclic) bond motifs is 1. The van der Waals surface area contributed by atoms with Crippen molar-refractivity contribution in [2.45, 2.75) is 6.92 Å². The minimum Gasteiger partial charge on any atom is -0.476 e. The average Bonchev–Trinajstić information content (AvgIpc) is 3.46. The molecule has 0 unspecified atom stereocenters. The van der Waals surface area contributed by atoms with Gasteiger partial charge in [0.1, 0.15) is 11.2 Å². The van der Waals surface area contributed by atoms with E-state index < -0.39 is 5.97 Å². The minimum atomic E-state index is -1.18. The van der Waals surface area contributed by atoms with Crippen LogP contribution in [0.5, 0.6) is 0 Å². The van der Waals surface area contributed by atoms with Crippen LogP contribution >= 0.6 is 0 Å². The Morgan fingerprint density at radius 3 is 2.66 bits per heavy atom. The van der Waals surface area contributed by atoms with Gasteiger partial charge in [0.15, 0.2) is 11.5 Å². The van der Waals surface area contributed by atoms with Crippen molar-refractivity contribution in [3.05, 3.63) is 72.1 Å². The van der Waals surface area contributed by atoms with Gasteiger partial charge >= 0.3 is 5.97 Å². The van der Waals surface area contributed by atoms with E-state index in [0.717, 1.165) is 16.5 Å². The van der Waals surface area contributed by atoms with Gasteiger partial charge in [0.25, 0.3) is 0 Å². The number of carboxylic acids is 1. The van der Waals surface area contributed by atoms with Gasteiger partial charge in [0, 0.05) is 5.56 Å². The molecule has 8 heteroatoms. The van der Waals surface area contributed by atoms with Crippen LogP contribution < -0.4 is 0 Å². The van der Waals surface area contributed by atoms with Crippen molar-refractivity contribution in [3.8, 4) is 28.5 Å².